The minimum Gasteiger partial charge on any atom is -0.482 e. The molecule has 0 saturated heterocycles. The van der Waals surface area contributed by atoms with E-state index in [-0.39, 0.29) is 17.8 Å². The van der Waals surface area contributed by atoms with Crippen molar-refractivity contribution in [3.63, 3.8) is 0 Å². The molecule has 4 rings (SSSR count). The molecule has 0 bridgehead atoms. The fourth-order valence-electron chi connectivity index (χ4n) is 3.79. The monoisotopic (exact) mass is 570 g/mol. The van der Waals surface area contributed by atoms with Crippen LogP contribution in [0.4, 0.5) is 5.00 Å². The first kappa shape index (κ1) is 27.7. The number of ether oxygens (including phenoxy) is 2. The number of benzene rings is 2. The van der Waals surface area contributed by atoms with Gasteiger partial charge in [-0.1, -0.05) is 53.2 Å². The Bertz CT molecular complexity index is 1470. The molecule has 2 aromatic heterocycles. The summed E-state index contributed by atoms with van der Waals surface area (Å²) in [5, 5.41) is 14.8. The van der Waals surface area contributed by atoms with E-state index in [2.05, 4.69) is 15.5 Å². The lowest BCUT2D eigenvalue weighted by Crippen LogP contribution is -2.16. The summed E-state index contributed by atoms with van der Waals surface area (Å²) in [5.74, 6) is 0.628. The third-order valence-corrected chi connectivity index (χ3v) is 7.95. The summed E-state index contributed by atoms with van der Waals surface area (Å²) in [6.45, 7) is 5.81. The number of nitrogens with zero attached hydrogens (tertiary/aromatic N) is 3. The number of hydrogen-bond donors (Lipinski definition) is 1. The number of aromatic nitrogens is 3. The van der Waals surface area contributed by atoms with E-state index < -0.39 is 5.97 Å². The maximum atomic E-state index is 12.8. The van der Waals surface area contributed by atoms with Crippen LogP contribution in [0.5, 0.6) is 5.75 Å². The van der Waals surface area contributed by atoms with Gasteiger partial charge < -0.3 is 19.4 Å². The van der Waals surface area contributed by atoms with Gasteiger partial charge in [0.1, 0.15) is 16.3 Å². The lowest BCUT2D eigenvalue weighted by atomic mass is 10.0. The third-order valence-electron chi connectivity index (χ3n) is 5.80. The van der Waals surface area contributed by atoms with Crippen molar-refractivity contribution in [1.82, 2.24) is 14.8 Å². The zero-order valence-corrected chi connectivity index (χ0v) is 24.0. The van der Waals surface area contributed by atoms with Crippen LogP contribution >= 0.6 is 34.7 Å². The average Bonchev–Trinajstić information content (AvgIpc) is 3.47. The molecule has 0 aliphatic rings. The van der Waals surface area contributed by atoms with Crippen LogP contribution in [0.2, 0.25) is 5.02 Å². The Morgan fingerprint density at radius 3 is 2.58 bits per heavy atom. The van der Waals surface area contributed by atoms with E-state index in [0.717, 1.165) is 16.7 Å². The Morgan fingerprint density at radius 1 is 1.16 bits per heavy atom. The number of aryl methyl sites for hydroxylation is 2. The molecule has 2 heterocycles. The van der Waals surface area contributed by atoms with Gasteiger partial charge in [-0.3, -0.25) is 4.79 Å². The molecule has 0 fully saturated rings. The number of carbonyl (C=O) groups is 2. The van der Waals surface area contributed by atoms with Crippen molar-refractivity contribution >= 4 is 51.6 Å². The predicted octanol–water partition coefficient (Wildman–Crippen LogP) is 6.47. The normalized spacial score (nSPS) is 11.7. The second-order valence-electron chi connectivity index (χ2n) is 8.62. The summed E-state index contributed by atoms with van der Waals surface area (Å²) in [6.07, 6.45) is -0.371. The lowest BCUT2D eigenvalue weighted by molar-refractivity contribution is -0.113. The number of hydrogen-bond acceptors (Lipinski definition) is 8. The third kappa shape index (κ3) is 6.20. The summed E-state index contributed by atoms with van der Waals surface area (Å²) < 4.78 is 12.9. The van der Waals surface area contributed by atoms with E-state index in [4.69, 9.17) is 21.1 Å². The van der Waals surface area contributed by atoms with Gasteiger partial charge in [0.05, 0.1) is 12.9 Å². The standard InChI is InChI=1S/C27H27ClN4O4S2/c1-15-6-8-18(9-7-15)20-13-37-25(23(20)26(34)35-5)29-22(33)14-38-27-31-30-24(32(27)4)17(3)36-21-11-10-19(28)12-16(21)2/h6-13,17H,14H2,1-5H3,(H,29,33). The maximum Gasteiger partial charge on any atom is 0.341 e. The number of esters is 1. The molecule has 4 aromatic rings. The molecule has 0 saturated carbocycles. The van der Waals surface area contributed by atoms with Crippen molar-refractivity contribution < 1.29 is 19.1 Å². The first-order valence-corrected chi connectivity index (χ1v) is 13.9. The van der Waals surface area contributed by atoms with Crippen molar-refractivity contribution in [2.24, 2.45) is 7.05 Å². The Hall–Kier alpha value is -3.34. The molecule has 0 aliphatic heterocycles. The van der Waals surface area contributed by atoms with Gasteiger partial charge in [0.2, 0.25) is 5.91 Å². The SMILES string of the molecule is COC(=O)c1c(-c2ccc(C)cc2)csc1NC(=O)CSc1nnc(C(C)Oc2ccc(Cl)cc2C)n1C. The molecule has 1 unspecified atom stereocenters. The van der Waals surface area contributed by atoms with E-state index in [1.54, 1.807) is 10.6 Å². The smallest absolute Gasteiger partial charge is 0.341 e. The molecule has 38 heavy (non-hydrogen) atoms. The Morgan fingerprint density at radius 2 is 1.89 bits per heavy atom. The van der Waals surface area contributed by atoms with Crippen LogP contribution in [0.1, 0.15) is 40.3 Å². The molecule has 1 atom stereocenters. The second-order valence-corrected chi connectivity index (χ2v) is 10.9. The number of amides is 1. The second kappa shape index (κ2) is 12.0. The average molecular weight is 571 g/mol. The van der Waals surface area contributed by atoms with Gasteiger partial charge >= 0.3 is 5.97 Å². The quantitative estimate of drug-likeness (QED) is 0.182. The minimum atomic E-state index is -0.507. The summed E-state index contributed by atoms with van der Waals surface area (Å²) in [7, 11) is 3.15. The molecule has 0 radical (unpaired) electrons. The number of carbonyl (C=O) groups excluding carboxylic acids is 2. The van der Waals surface area contributed by atoms with Crippen LogP contribution in [-0.2, 0) is 16.6 Å². The first-order valence-electron chi connectivity index (χ1n) is 11.7. The molecule has 1 amide bonds. The number of anilines is 1. The fourth-order valence-corrected chi connectivity index (χ4v) is 5.71. The van der Waals surface area contributed by atoms with E-state index in [0.29, 0.717) is 37.9 Å². The van der Waals surface area contributed by atoms with E-state index in [1.165, 1.54) is 30.2 Å². The molecule has 1 N–H and O–H groups in total. The van der Waals surface area contributed by atoms with Crippen LogP contribution in [0.3, 0.4) is 0 Å². The van der Waals surface area contributed by atoms with Gasteiger partial charge in [0, 0.05) is 23.0 Å². The Labute approximate surface area is 234 Å². The molecule has 198 valence electrons. The lowest BCUT2D eigenvalue weighted by Gasteiger charge is -2.16. The van der Waals surface area contributed by atoms with Crippen molar-refractivity contribution in [1.29, 1.82) is 0 Å². The number of nitrogens with one attached hydrogen (secondary N) is 1. The van der Waals surface area contributed by atoms with Crippen molar-refractivity contribution in [3.8, 4) is 16.9 Å². The fraction of sp³-hybridized carbons (Fsp3) is 0.259. The summed E-state index contributed by atoms with van der Waals surface area (Å²) >= 11 is 8.56. The Balaban J connectivity index is 1.43. The summed E-state index contributed by atoms with van der Waals surface area (Å²) in [4.78, 5) is 25.4. The van der Waals surface area contributed by atoms with Gasteiger partial charge in [-0.2, -0.15) is 0 Å². The minimum absolute atomic E-state index is 0.0792. The molecule has 0 aliphatic carbocycles. The molecular weight excluding hydrogens is 544 g/mol. The van der Waals surface area contributed by atoms with Crippen LogP contribution in [-0.4, -0.2) is 39.5 Å². The largest absolute Gasteiger partial charge is 0.482 e. The molecule has 0 spiro atoms. The highest BCUT2D eigenvalue weighted by molar-refractivity contribution is 7.99. The van der Waals surface area contributed by atoms with Gasteiger partial charge in [0.25, 0.3) is 0 Å². The number of rotatable bonds is 9. The molecule has 8 nitrogen and oxygen atoms in total. The Kier molecular flexibility index (Phi) is 8.76. The van der Waals surface area contributed by atoms with E-state index >= 15 is 0 Å². The highest BCUT2D eigenvalue weighted by atomic mass is 35.5. The summed E-state index contributed by atoms with van der Waals surface area (Å²) in [6, 6.07) is 13.3. The number of thioether (sulfide) groups is 1. The number of methoxy groups -OCH3 is 1. The van der Waals surface area contributed by atoms with E-state index in [1.807, 2.05) is 69.6 Å². The molecular formula is C27H27ClN4O4S2. The molecule has 2 aromatic carbocycles. The van der Waals surface area contributed by atoms with Crippen LogP contribution in [0.25, 0.3) is 11.1 Å². The molecule has 11 heteroatoms. The van der Waals surface area contributed by atoms with Crippen molar-refractivity contribution in [2.75, 3.05) is 18.2 Å². The maximum absolute atomic E-state index is 12.8. The van der Waals surface area contributed by atoms with E-state index in [9.17, 15) is 9.59 Å². The number of halogens is 1. The van der Waals surface area contributed by atoms with Gasteiger partial charge in [0.15, 0.2) is 17.1 Å². The summed E-state index contributed by atoms with van der Waals surface area (Å²) in [5.41, 5.74) is 3.96. The predicted molar refractivity (Wildman–Crippen MR) is 151 cm³/mol. The first-order chi connectivity index (χ1) is 18.2. The van der Waals surface area contributed by atoms with Crippen LogP contribution < -0.4 is 10.1 Å². The zero-order valence-electron chi connectivity index (χ0n) is 21.6. The topological polar surface area (TPSA) is 95.3 Å². The van der Waals surface area contributed by atoms with Crippen molar-refractivity contribution in [2.45, 2.75) is 32.0 Å². The zero-order chi connectivity index (χ0) is 27.4. The van der Waals surface area contributed by atoms with Crippen molar-refractivity contribution in [3.05, 3.63) is 75.4 Å². The van der Waals surface area contributed by atoms with Gasteiger partial charge in [-0.25, -0.2) is 4.79 Å². The van der Waals surface area contributed by atoms with Crippen LogP contribution in [0.15, 0.2) is 53.0 Å². The number of thiophene rings is 1. The van der Waals surface area contributed by atoms with Crippen LogP contribution in [0, 0.1) is 13.8 Å². The van der Waals surface area contributed by atoms with Gasteiger partial charge in [-0.05, 0) is 50.1 Å². The highest BCUT2D eigenvalue weighted by Crippen LogP contribution is 2.36. The highest BCUT2D eigenvalue weighted by Gasteiger charge is 2.23. The van der Waals surface area contributed by atoms with Gasteiger partial charge in [-0.15, -0.1) is 21.5 Å².